The van der Waals surface area contributed by atoms with Gasteiger partial charge >= 0.3 is 0 Å². The molecular formula is C9H17Cl. The van der Waals surface area contributed by atoms with E-state index in [1.54, 1.807) is 0 Å². The Balaban J connectivity index is 2.34. The molecule has 1 aliphatic rings. The van der Waals surface area contributed by atoms with E-state index in [0.29, 0.717) is 0 Å². The summed E-state index contributed by atoms with van der Waals surface area (Å²) in [6, 6.07) is 0. The van der Waals surface area contributed by atoms with Crippen LogP contribution in [-0.2, 0) is 0 Å². The number of hydrogen-bond acceptors (Lipinski definition) is 0. The Morgan fingerprint density at radius 3 is 2.20 bits per heavy atom. The van der Waals surface area contributed by atoms with E-state index in [4.69, 9.17) is 11.6 Å². The van der Waals surface area contributed by atoms with Gasteiger partial charge in [-0.3, -0.25) is 0 Å². The maximum absolute atomic E-state index is 5.85. The van der Waals surface area contributed by atoms with Crippen molar-refractivity contribution in [1.29, 1.82) is 0 Å². The molecule has 0 spiro atoms. The number of halogens is 1. The molecule has 1 fully saturated rings. The number of hydrogen-bond donors (Lipinski definition) is 0. The van der Waals surface area contributed by atoms with Crippen LogP contribution >= 0.6 is 11.6 Å². The molecule has 1 heteroatoms. The maximum atomic E-state index is 5.85. The summed E-state index contributed by atoms with van der Waals surface area (Å²) >= 11 is 5.85. The standard InChI is InChI=1S/C9H17Cl/c1-2-8-5-3-4-6-9(8)7-10/h8-9H,2-7H2,1H3. The summed E-state index contributed by atoms with van der Waals surface area (Å²) in [5, 5.41) is 0. The third-order valence-corrected chi connectivity index (χ3v) is 3.19. The SMILES string of the molecule is CCC1CCCCC1CCl. The largest absolute Gasteiger partial charge is 0.126 e. The van der Waals surface area contributed by atoms with Crippen molar-refractivity contribution in [3.63, 3.8) is 0 Å². The fraction of sp³-hybridized carbons (Fsp3) is 1.00. The van der Waals surface area contributed by atoms with Gasteiger partial charge in [-0.25, -0.2) is 0 Å². The van der Waals surface area contributed by atoms with Gasteiger partial charge in [-0.1, -0.05) is 32.6 Å². The first-order valence-electron chi connectivity index (χ1n) is 4.44. The highest BCUT2D eigenvalue weighted by atomic mass is 35.5. The van der Waals surface area contributed by atoms with E-state index >= 15 is 0 Å². The third-order valence-electron chi connectivity index (χ3n) is 2.79. The van der Waals surface area contributed by atoms with Crippen LogP contribution in [0.4, 0.5) is 0 Å². The highest BCUT2D eigenvalue weighted by Gasteiger charge is 2.21. The van der Waals surface area contributed by atoms with Crippen LogP contribution in [0.15, 0.2) is 0 Å². The summed E-state index contributed by atoms with van der Waals surface area (Å²) in [6.45, 7) is 2.29. The fourth-order valence-corrected chi connectivity index (χ4v) is 2.43. The predicted octanol–water partition coefficient (Wildman–Crippen LogP) is 3.44. The van der Waals surface area contributed by atoms with E-state index in [2.05, 4.69) is 6.92 Å². The first kappa shape index (κ1) is 8.39. The van der Waals surface area contributed by atoms with Gasteiger partial charge in [-0.05, 0) is 18.3 Å². The van der Waals surface area contributed by atoms with Gasteiger partial charge in [-0.2, -0.15) is 0 Å². The Kier molecular flexibility index (Phi) is 3.55. The molecule has 1 rings (SSSR count). The van der Waals surface area contributed by atoms with Crippen LogP contribution in [0.25, 0.3) is 0 Å². The molecule has 0 aromatic carbocycles. The van der Waals surface area contributed by atoms with Gasteiger partial charge in [0.05, 0.1) is 0 Å². The second-order valence-electron chi connectivity index (χ2n) is 3.37. The molecular weight excluding hydrogens is 144 g/mol. The van der Waals surface area contributed by atoms with Crippen molar-refractivity contribution in [2.75, 3.05) is 5.88 Å². The van der Waals surface area contributed by atoms with Gasteiger partial charge < -0.3 is 0 Å². The molecule has 1 aliphatic carbocycles. The van der Waals surface area contributed by atoms with Gasteiger partial charge in [-0.15, -0.1) is 11.6 Å². The molecule has 0 heterocycles. The zero-order valence-corrected chi connectivity index (χ0v) is 7.53. The smallest absolute Gasteiger partial charge is 0.0254 e. The average Bonchev–Trinajstić information content (AvgIpc) is 2.04. The minimum absolute atomic E-state index is 0.834. The Morgan fingerprint density at radius 1 is 1.20 bits per heavy atom. The van der Waals surface area contributed by atoms with Gasteiger partial charge in [0.15, 0.2) is 0 Å². The molecule has 0 radical (unpaired) electrons. The Labute approximate surface area is 69.0 Å². The normalized spacial score (nSPS) is 34.2. The van der Waals surface area contributed by atoms with Crippen molar-refractivity contribution in [3.8, 4) is 0 Å². The second-order valence-corrected chi connectivity index (χ2v) is 3.68. The molecule has 0 amide bonds. The molecule has 0 aromatic heterocycles. The van der Waals surface area contributed by atoms with Gasteiger partial charge in [0.25, 0.3) is 0 Å². The van der Waals surface area contributed by atoms with Crippen molar-refractivity contribution >= 4 is 11.6 Å². The summed E-state index contributed by atoms with van der Waals surface area (Å²) in [7, 11) is 0. The highest BCUT2D eigenvalue weighted by molar-refractivity contribution is 6.18. The average molecular weight is 161 g/mol. The topological polar surface area (TPSA) is 0 Å². The summed E-state index contributed by atoms with van der Waals surface area (Å²) in [5.41, 5.74) is 0. The van der Waals surface area contributed by atoms with Crippen LogP contribution in [0.2, 0.25) is 0 Å². The number of rotatable bonds is 2. The van der Waals surface area contributed by atoms with Crippen molar-refractivity contribution < 1.29 is 0 Å². The summed E-state index contributed by atoms with van der Waals surface area (Å²) in [6.07, 6.45) is 6.98. The molecule has 10 heavy (non-hydrogen) atoms. The minimum atomic E-state index is 0.834. The summed E-state index contributed by atoms with van der Waals surface area (Å²) in [4.78, 5) is 0. The van der Waals surface area contributed by atoms with Crippen LogP contribution in [0.5, 0.6) is 0 Å². The highest BCUT2D eigenvalue weighted by Crippen LogP contribution is 2.32. The third kappa shape index (κ3) is 1.88. The van der Waals surface area contributed by atoms with E-state index in [1.165, 1.54) is 32.1 Å². The molecule has 60 valence electrons. The van der Waals surface area contributed by atoms with E-state index in [9.17, 15) is 0 Å². The Bertz CT molecular complexity index is 78.7. The minimum Gasteiger partial charge on any atom is -0.126 e. The predicted molar refractivity (Wildman–Crippen MR) is 46.5 cm³/mol. The molecule has 0 saturated heterocycles. The van der Waals surface area contributed by atoms with Crippen LogP contribution in [0.3, 0.4) is 0 Å². The Hall–Kier alpha value is 0.290. The van der Waals surface area contributed by atoms with Crippen molar-refractivity contribution in [1.82, 2.24) is 0 Å². The lowest BCUT2D eigenvalue weighted by Crippen LogP contribution is -2.19. The molecule has 2 unspecified atom stereocenters. The van der Waals surface area contributed by atoms with Crippen LogP contribution in [-0.4, -0.2) is 5.88 Å². The zero-order valence-electron chi connectivity index (χ0n) is 6.78. The van der Waals surface area contributed by atoms with E-state index in [0.717, 1.165) is 17.7 Å². The summed E-state index contributed by atoms with van der Waals surface area (Å²) in [5.74, 6) is 2.66. The molecule has 0 bridgehead atoms. The summed E-state index contributed by atoms with van der Waals surface area (Å²) < 4.78 is 0. The van der Waals surface area contributed by atoms with Crippen molar-refractivity contribution in [2.24, 2.45) is 11.8 Å². The first-order chi connectivity index (χ1) is 4.88. The molecule has 2 atom stereocenters. The molecule has 0 aliphatic heterocycles. The second kappa shape index (κ2) is 4.23. The van der Waals surface area contributed by atoms with Gasteiger partial charge in [0.2, 0.25) is 0 Å². The number of alkyl halides is 1. The van der Waals surface area contributed by atoms with Crippen LogP contribution in [0, 0.1) is 11.8 Å². The lowest BCUT2D eigenvalue weighted by Gasteiger charge is -2.28. The molecule has 0 aromatic rings. The first-order valence-corrected chi connectivity index (χ1v) is 4.98. The lowest BCUT2D eigenvalue weighted by molar-refractivity contribution is 0.252. The molecule has 1 saturated carbocycles. The van der Waals surface area contributed by atoms with Gasteiger partial charge in [0.1, 0.15) is 0 Å². The van der Waals surface area contributed by atoms with Gasteiger partial charge in [0, 0.05) is 5.88 Å². The van der Waals surface area contributed by atoms with E-state index in [-0.39, 0.29) is 0 Å². The quantitative estimate of drug-likeness (QED) is 0.543. The van der Waals surface area contributed by atoms with Crippen LogP contribution < -0.4 is 0 Å². The zero-order chi connectivity index (χ0) is 7.40. The van der Waals surface area contributed by atoms with E-state index < -0.39 is 0 Å². The lowest BCUT2D eigenvalue weighted by atomic mass is 9.79. The van der Waals surface area contributed by atoms with E-state index in [1.807, 2.05) is 0 Å². The van der Waals surface area contributed by atoms with Crippen molar-refractivity contribution in [2.45, 2.75) is 39.0 Å². The Morgan fingerprint density at radius 2 is 1.80 bits per heavy atom. The maximum Gasteiger partial charge on any atom is 0.0254 e. The fourth-order valence-electron chi connectivity index (χ4n) is 2.03. The monoisotopic (exact) mass is 160 g/mol. The van der Waals surface area contributed by atoms with Crippen LogP contribution in [0.1, 0.15) is 39.0 Å². The van der Waals surface area contributed by atoms with Crippen molar-refractivity contribution in [3.05, 3.63) is 0 Å². The molecule has 0 nitrogen and oxygen atoms in total. The molecule has 0 N–H and O–H groups in total.